The molecule has 1 spiro atoms. The lowest BCUT2D eigenvalue weighted by molar-refractivity contribution is -0.164. The molecule has 7 aliphatic heterocycles. The number of hydrogen-bond acceptors (Lipinski definition) is 15. The maximum absolute atomic E-state index is 14.6. The van der Waals surface area contributed by atoms with Crippen LogP contribution in [0.3, 0.4) is 0 Å². The van der Waals surface area contributed by atoms with Gasteiger partial charge in [0.25, 0.3) is 0 Å². The Kier molecular flexibility index (Phi) is 7.98. The van der Waals surface area contributed by atoms with Gasteiger partial charge in [0.15, 0.2) is 40.0 Å². The summed E-state index contributed by atoms with van der Waals surface area (Å²) in [7, 11) is 2.98. The number of piperazine rings is 1. The van der Waals surface area contributed by atoms with Gasteiger partial charge in [0.05, 0.1) is 37.6 Å². The first-order valence-corrected chi connectivity index (χ1v) is 18.7. The van der Waals surface area contributed by atoms with Gasteiger partial charge in [-0.1, -0.05) is 6.07 Å². The smallest absolute Gasteiger partial charge is 0.331 e. The Bertz CT molecular complexity index is 2090. The predicted molar refractivity (Wildman–Crippen MR) is 190 cm³/mol. The predicted octanol–water partition coefficient (Wildman–Crippen LogP) is 3.07. The number of rotatable bonds is 3. The van der Waals surface area contributed by atoms with E-state index >= 15 is 0 Å². The molecule has 14 nitrogen and oxygen atoms in total. The van der Waals surface area contributed by atoms with Gasteiger partial charge in [-0.3, -0.25) is 15.0 Å². The highest BCUT2D eigenvalue weighted by Crippen LogP contribution is 2.63. The van der Waals surface area contributed by atoms with Crippen molar-refractivity contribution in [2.24, 2.45) is 0 Å². The van der Waals surface area contributed by atoms with Gasteiger partial charge in [0, 0.05) is 47.5 Å². The number of fused-ring (bicyclic) bond motifs is 9. The summed E-state index contributed by atoms with van der Waals surface area (Å²) >= 11 is 1.45. The number of aryl methyl sites for hydroxylation is 1. The molecule has 3 aromatic carbocycles. The molecular weight excluding hydrogens is 706 g/mol. The highest BCUT2D eigenvalue weighted by molar-refractivity contribution is 7.99. The van der Waals surface area contributed by atoms with Crippen LogP contribution in [0.15, 0.2) is 18.2 Å². The standard InChI is InChI=1S/C38H41N3O11S/c1-15-8-19-9-21-36(45)41-22-12-49-37(46)38(20-11-24(47-4)23(43)10-18(20)6-7-39-38)13-53-35(29(41)28(40-21)25(19)30(44)31(15)48-5)27-26(22)34-33(50-14-51-34)16(2)32(27)52-17(3)42/h8,10-11,21-22,28-29,35-36,39-40,43-45H,6-7,9,12-14H2,1-5H3/t21-,22+,28-,29-,35-,36+,38-/m1/s1. The number of ether oxygens (including phenoxy) is 6. The first-order valence-electron chi connectivity index (χ1n) is 17.7. The minimum atomic E-state index is -1.36. The van der Waals surface area contributed by atoms with Crippen molar-refractivity contribution in [1.29, 1.82) is 0 Å². The zero-order valence-electron chi connectivity index (χ0n) is 29.9. The van der Waals surface area contributed by atoms with Crippen LogP contribution in [-0.2, 0) is 32.7 Å². The summed E-state index contributed by atoms with van der Waals surface area (Å²) in [6.45, 7) is 5.23. The number of phenolic OH excluding ortho intramolecular Hbond substituents is 2. The molecule has 53 heavy (non-hydrogen) atoms. The van der Waals surface area contributed by atoms with Crippen molar-refractivity contribution in [3.05, 3.63) is 62.7 Å². The van der Waals surface area contributed by atoms with Crippen molar-refractivity contribution in [2.45, 2.75) is 74.8 Å². The van der Waals surface area contributed by atoms with Crippen molar-refractivity contribution in [3.63, 3.8) is 0 Å². The lowest BCUT2D eigenvalue weighted by atomic mass is 9.74. The number of aliphatic hydroxyl groups excluding tert-OH is 1. The minimum Gasteiger partial charge on any atom is -0.504 e. The lowest BCUT2D eigenvalue weighted by Gasteiger charge is -2.59. The Balaban J connectivity index is 1.31. The number of aliphatic hydroxyl groups is 1. The number of nitrogens with zero attached hydrogens (tertiary/aromatic N) is 1. The Hall–Kier alpha value is -4.41. The lowest BCUT2D eigenvalue weighted by Crippen LogP contribution is -2.69. The molecule has 280 valence electrons. The van der Waals surface area contributed by atoms with E-state index in [0.717, 1.165) is 16.7 Å². The highest BCUT2D eigenvalue weighted by Gasteiger charge is 2.60. The maximum Gasteiger partial charge on any atom is 0.331 e. The van der Waals surface area contributed by atoms with Crippen LogP contribution in [0.1, 0.15) is 68.8 Å². The number of carbonyl (C=O) groups is 2. The summed E-state index contributed by atoms with van der Waals surface area (Å²) in [6.07, 6.45) is -0.0673. The molecule has 2 fully saturated rings. The zero-order chi connectivity index (χ0) is 37.1. The molecule has 4 bridgehead atoms. The fourth-order valence-corrected chi connectivity index (χ4v) is 11.3. The number of phenols is 2. The highest BCUT2D eigenvalue weighted by atomic mass is 32.2. The van der Waals surface area contributed by atoms with Crippen LogP contribution >= 0.6 is 11.8 Å². The van der Waals surface area contributed by atoms with E-state index in [1.165, 1.54) is 32.9 Å². The van der Waals surface area contributed by atoms with Gasteiger partial charge in [-0.15, -0.1) is 11.8 Å². The fraction of sp³-hybridized carbons (Fsp3) is 0.474. The molecule has 0 radical (unpaired) electrons. The second-order valence-electron chi connectivity index (χ2n) is 14.5. The molecule has 7 heterocycles. The Labute approximate surface area is 309 Å². The molecule has 0 saturated carbocycles. The van der Waals surface area contributed by atoms with E-state index in [9.17, 15) is 24.9 Å². The van der Waals surface area contributed by atoms with Crippen LogP contribution in [0.4, 0.5) is 0 Å². The summed E-state index contributed by atoms with van der Waals surface area (Å²) in [5.74, 6) is 0.890. The topological polar surface area (TPSA) is 178 Å². The number of carbonyl (C=O) groups excluding carboxylic acids is 2. The Morgan fingerprint density at radius 3 is 2.57 bits per heavy atom. The fourth-order valence-electron chi connectivity index (χ4n) is 9.60. The third-order valence-electron chi connectivity index (χ3n) is 11.8. The summed E-state index contributed by atoms with van der Waals surface area (Å²) in [6, 6.07) is 2.99. The Morgan fingerprint density at radius 2 is 1.81 bits per heavy atom. The van der Waals surface area contributed by atoms with Crippen molar-refractivity contribution in [2.75, 3.05) is 39.9 Å². The van der Waals surface area contributed by atoms with E-state index in [-0.39, 0.29) is 36.4 Å². The van der Waals surface area contributed by atoms with Crippen molar-refractivity contribution in [1.82, 2.24) is 15.5 Å². The molecular formula is C38H41N3O11S. The molecule has 7 atom stereocenters. The van der Waals surface area contributed by atoms with E-state index in [0.29, 0.717) is 70.2 Å². The van der Waals surface area contributed by atoms with E-state index in [1.54, 1.807) is 12.1 Å². The van der Waals surface area contributed by atoms with Gasteiger partial charge in [-0.2, -0.15) is 0 Å². The van der Waals surface area contributed by atoms with Crippen LogP contribution in [0.2, 0.25) is 0 Å². The summed E-state index contributed by atoms with van der Waals surface area (Å²) in [5.41, 5.74) is 4.27. The number of thioether (sulfide) groups is 1. The number of esters is 2. The largest absolute Gasteiger partial charge is 0.504 e. The molecule has 0 aliphatic carbocycles. The van der Waals surface area contributed by atoms with Crippen LogP contribution in [0, 0.1) is 13.8 Å². The summed E-state index contributed by atoms with van der Waals surface area (Å²) in [5, 5.41) is 41.5. The van der Waals surface area contributed by atoms with Gasteiger partial charge in [0.2, 0.25) is 6.79 Å². The molecule has 3 aromatic rings. The van der Waals surface area contributed by atoms with Gasteiger partial charge in [0.1, 0.15) is 18.6 Å². The molecule has 0 amide bonds. The van der Waals surface area contributed by atoms with Gasteiger partial charge in [-0.05, 0) is 61.1 Å². The Morgan fingerprint density at radius 1 is 1.02 bits per heavy atom. The van der Waals surface area contributed by atoms with Crippen molar-refractivity contribution in [3.8, 4) is 40.2 Å². The van der Waals surface area contributed by atoms with E-state index in [4.69, 9.17) is 28.4 Å². The average Bonchev–Trinajstić information content (AvgIpc) is 3.63. The molecule has 10 rings (SSSR count). The van der Waals surface area contributed by atoms with Crippen molar-refractivity contribution < 1.29 is 53.3 Å². The molecule has 5 N–H and O–H groups in total. The van der Waals surface area contributed by atoms with Crippen LogP contribution in [-0.4, -0.2) is 90.4 Å². The second-order valence-corrected chi connectivity index (χ2v) is 15.6. The van der Waals surface area contributed by atoms with Crippen LogP contribution in [0.25, 0.3) is 0 Å². The van der Waals surface area contributed by atoms with Crippen LogP contribution in [0.5, 0.6) is 40.2 Å². The number of aromatic hydroxyl groups is 2. The van der Waals surface area contributed by atoms with Gasteiger partial charge < -0.3 is 49.1 Å². The van der Waals surface area contributed by atoms with E-state index in [1.807, 2.05) is 24.8 Å². The molecule has 0 unspecified atom stereocenters. The van der Waals surface area contributed by atoms with Crippen LogP contribution < -0.4 is 34.3 Å². The number of hydrogen-bond donors (Lipinski definition) is 5. The van der Waals surface area contributed by atoms with Gasteiger partial charge in [-0.25, -0.2) is 4.79 Å². The molecule has 2 saturated heterocycles. The molecule has 15 heteroatoms. The first kappa shape index (κ1) is 34.4. The maximum atomic E-state index is 14.6. The van der Waals surface area contributed by atoms with Gasteiger partial charge >= 0.3 is 11.9 Å². The monoisotopic (exact) mass is 747 g/mol. The second kappa shape index (κ2) is 12.3. The van der Waals surface area contributed by atoms with Crippen molar-refractivity contribution >= 4 is 23.7 Å². The van der Waals surface area contributed by atoms with E-state index < -0.39 is 53.1 Å². The molecule has 0 aromatic heterocycles. The zero-order valence-corrected chi connectivity index (χ0v) is 30.7. The minimum absolute atomic E-state index is 0.0210. The number of methoxy groups -OCH3 is 2. The third kappa shape index (κ3) is 4.80. The normalized spacial score (nSPS) is 29.4. The first-order chi connectivity index (χ1) is 25.5. The summed E-state index contributed by atoms with van der Waals surface area (Å²) in [4.78, 5) is 29.4. The third-order valence-corrected chi connectivity index (χ3v) is 13.2. The molecule has 7 aliphatic rings. The van der Waals surface area contributed by atoms with E-state index in [2.05, 4.69) is 10.6 Å². The SMILES string of the molecule is COc1cc2c(cc1O)CCN[C@]21CS[C@@H]2c3c(OC(C)=O)c(C)c4c(c3[C@H](COC1=O)N1[C@@H]2[C@@H]2N[C@H](Cc3cc(C)c(OC)c(O)c32)[C@@H]1O)OCO4. The summed E-state index contributed by atoms with van der Waals surface area (Å²) < 4.78 is 35.8. The average molecular weight is 748 g/mol. The number of nitrogens with one attached hydrogen (secondary N) is 2. The quantitative estimate of drug-likeness (QED) is 0.195. The number of benzene rings is 3.